The first-order chi connectivity index (χ1) is 14.8. The first-order valence-electron chi connectivity index (χ1n) is 9.83. The third-order valence-electron chi connectivity index (χ3n) is 5.43. The number of carboxylic acid groups (broad SMARTS) is 1. The van der Waals surface area contributed by atoms with Gasteiger partial charge in [0.05, 0.1) is 22.6 Å². The minimum absolute atomic E-state index is 0.0734. The van der Waals surface area contributed by atoms with Crippen LogP contribution in [0.2, 0.25) is 5.02 Å². The summed E-state index contributed by atoms with van der Waals surface area (Å²) in [6, 6.07) is 7.25. The number of aryl methyl sites for hydroxylation is 1. The van der Waals surface area contributed by atoms with E-state index < -0.39 is 28.5 Å². The van der Waals surface area contributed by atoms with Crippen LogP contribution in [0.15, 0.2) is 35.3 Å². The Morgan fingerprint density at radius 1 is 1.39 bits per heavy atom. The molecule has 3 aromatic rings. The number of hydrogen-bond donors (Lipinski definition) is 3. The van der Waals surface area contributed by atoms with Crippen molar-refractivity contribution >= 4 is 39.8 Å². The van der Waals surface area contributed by atoms with Crippen molar-refractivity contribution in [1.29, 1.82) is 0 Å². The van der Waals surface area contributed by atoms with E-state index in [2.05, 4.69) is 5.32 Å². The molecule has 4 N–H and O–H groups in total. The highest BCUT2D eigenvalue weighted by Gasteiger charge is 2.30. The lowest BCUT2D eigenvalue weighted by molar-refractivity contribution is 0.0694. The Bertz CT molecular complexity index is 1240. The average molecular weight is 446 g/mol. The van der Waals surface area contributed by atoms with Gasteiger partial charge in [-0.15, -0.1) is 0 Å². The average Bonchev–Trinajstić information content (AvgIpc) is 2.74. The van der Waals surface area contributed by atoms with E-state index in [9.17, 15) is 14.7 Å². The molecule has 1 atom stereocenters. The van der Waals surface area contributed by atoms with Crippen molar-refractivity contribution in [1.82, 2.24) is 4.57 Å². The van der Waals surface area contributed by atoms with Gasteiger partial charge in [-0.2, -0.15) is 0 Å². The zero-order chi connectivity index (χ0) is 22.3. The minimum atomic E-state index is -1.39. The standard InChI is InChI=1S/C22H21ClFN3O4/c1-11-10-31-21-18(26-8-2-3-12-4-6-13(23)7-5-12)16(24)17(25)15-19(21)27(11)9-14(20(15)28)22(29)30/h4-7,9,11,26H,2-3,8,10,25H2,1H3,(H,29,30)/t11-/m0/s1. The molecule has 0 unspecified atom stereocenters. The number of pyridine rings is 1. The van der Waals surface area contributed by atoms with Crippen LogP contribution in [0, 0.1) is 5.82 Å². The van der Waals surface area contributed by atoms with Gasteiger partial charge >= 0.3 is 5.97 Å². The SMILES string of the molecule is C[C@H]1COc2c(NCCCc3ccc(Cl)cc3)c(F)c(N)c3c(=O)c(C(=O)O)cn1c23. The van der Waals surface area contributed by atoms with Gasteiger partial charge in [-0.25, -0.2) is 9.18 Å². The van der Waals surface area contributed by atoms with Crippen LogP contribution in [-0.2, 0) is 6.42 Å². The fourth-order valence-corrected chi connectivity index (χ4v) is 3.94. The number of nitrogens with two attached hydrogens (primary N) is 1. The van der Waals surface area contributed by atoms with Crippen LogP contribution in [0.5, 0.6) is 5.75 Å². The second kappa shape index (κ2) is 8.11. The first-order valence-corrected chi connectivity index (χ1v) is 10.2. The lowest BCUT2D eigenvalue weighted by atomic mass is 10.0. The Kier molecular flexibility index (Phi) is 5.49. The summed E-state index contributed by atoms with van der Waals surface area (Å²) >= 11 is 5.90. The molecule has 2 heterocycles. The van der Waals surface area contributed by atoms with Gasteiger partial charge in [-0.1, -0.05) is 23.7 Å². The van der Waals surface area contributed by atoms with Crippen molar-refractivity contribution in [3.05, 3.63) is 62.7 Å². The van der Waals surface area contributed by atoms with E-state index in [1.165, 1.54) is 6.20 Å². The summed E-state index contributed by atoms with van der Waals surface area (Å²) in [6.07, 6.45) is 2.74. The van der Waals surface area contributed by atoms with Crippen LogP contribution < -0.4 is 21.2 Å². The molecule has 7 nitrogen and oxygen atoms in total. The Morgan fingerprint density at radius 2 is 2.10 bits per heavy atom. The predicted molar refractivity (Wildman–Crippen MR) is 118 cm³/mol. The zero-order valence-corrected chi connectivity index (χ0v) is 17.5. The molecular formula is C22H21ClFN3O4. The van der Waals surface area contributed by atoms with Gasteiger partial charge in [-0.05, 0) is 37.5 Å². The quantitative estimate of drug-likeness (QED) is 0.390. The second-order valence-electron chi connectivity index (χ2n) is 7.56. The molecule has 4 rings (SSSR count). The molecule has 0 saturated carbocycles. The van der Waals surface area contributed by atoms with Crippen molar-refractivity contribution in [2.75, 3.05) is 24.2 Å². The van der Waals surface area contributed by atoms with Gasteiger partial charge < -0.3 is 25.5 Å². The number of hydrogen-bond acceptors (Lipinski definition) is 5. The molecule has 1 aliphatic heterocycles. The number of nitrogens with zero attached hydrogens (tertiary/aromatic N) is 1. The molecule has 0 aliphatic carbocycles. The summed E-state index contributed by atoms with van der Waals surface area (Å²) in [5, 5.41) is 12.9. The molecule has 0 amide bonds. The maximum Gasteiger partial charge on any atom is 0.341 e. The smallest absolute Gasteiger partial charge is 0.341 e. The molecule has 0 radical (unpaired) electrons. The highest BCUT2D eigenvalue weighted by Crippen LogP contribution is 2.43. The van der Waals surface area contributed by atoms with Crippen LogP contribution >= 0.6 is 11.6 Å². The molecular weight excluding hydrogens is 425 g/mol. The van der Waals surface area contributed by atoms with E-state index >= 15 is 4.39 Å². The van der Waals surface area contributed by atoms with Crippen LogP contribution in [0.3, 0.4) is 0 Å². The molecule has 2 aromatic carbocycles. The van der Waals surface area contributed by atoms with Crippen molar-refractivity contribution in [2.45, 2.75) is 25.8 Å². The summed E-state index contributed by atoms with van der Waals surface area (Å²) in [4.78, 5) is 24.2. The Hall–Kier alpha value is -3.26. The summed E-state index contributed by atoms with van der Waals surface area (Å²) in [5.41, 5.74) is 5.77. The minimum Gasteiger partial charge on any atom is -0.487 e. The van der Waals surface area contributed by atoms with E-state index in [4.69, 9.17) is 22.1 Å². The van der Waals surface area contributed by atoms with Crippen LogP contribution in [0.25, 0.3) is 10.9 Å². The molecule has 31 heavy (non-hydrogen) atoms. The lowest BCUT2D eigenvalue weighted by Gasteiger charge is -2.29. The fourth-order valence-electron chi connectivity index (χ4n) is 3.82. The van der Waals surface area contributed by atoms with Crippen molar-refractivity contribution < 1.29 is 19.0 Å². The van der Waals surface area contributed by atoms with Gasteiger partial charge in [0.15, 0.2) is 11.6 Å². The number of aromatic nitrogens is 1. The summed E-state index contributed by atoms with van der Waals surface area (Å²) in [6.45, 7) is 2.46. The van der Waals surface area contributed by atoms with Gasteiger partial charge in [0.1, 0.15) is 17.9 Å². The third kappa shape index (κ3) is 3.67. The van der Waals surface area contributed by atoms with E-state index in [0.29, 0.717) is 23.5 Å². The highest BCUT2D eigenvalue weighted by molar-refractivity contribution is 6.30. The zero-order valence-electron chi connectivity index (χ0n) is 16.7. The molecule has 0 spiro atoms. The first kappa shape index (κ1) is 21.0. The number of rotatable bonds is 6. The third-order valence-corrected chi connectivity index (χ3v) is 5.69. The topological polar surface area (TPSA) is 107 Å². The van der Waals surface area contributed by atoms with Gasteiger partial charge in [0.25, 0.3) is 0 Å². The number of carboxylic acids is 1. The molecule has 0 fully saturated rings. The van der Waals surface area contributed by atoms with Crippen LogP contribution in [0.4, 0.5) is 15.8 Å². The monoisotopic (exact) mass is 445 g/mol. The van der Waals surface area contributed by atoms with Crippen molar-refractivity contribution in [3.8, 4) is 5.75 Å². The largest absolute Gasteiger partial charge is 0.487 e. The predicted octanol–water partition coefficient (Wildman–Crippen LogP) is 4.07. The summed E-state index contributed by atoms with van der Waals surface area (Å²) < 4.78 is 22.6. The fraction of sp³-hybridized carbons (Fsp3) is 0.273. The molecule has 1 aliphatic rings. The Balaban J connectivity index is 1.71. The molecule has 0 saturated heterocycles. The van der Waals surface area contributed by atoms with Crippen LogP contribution in [0.1, 0.15) is 35.3 Å². The van der Waals surface area contributed by atoms with Gasteiger partial charge in [-0.3, -0.25) is 4.79 Å². The number of benzene rings is 2. The number of nitrogens with one attached hydrogen (secondary N) is 1. The Labute approximate surface area is 182 Å². The number of aromatic carboxylic acids is 1. The molecule has 9 heteroatoms. The van der Waals surface area contributed by atoms with E-state index in [1.54, 1.807) is 4.57 Å². The van der Waals surface area contributed by atoms with E-state index in [1.807, 2.05) is 31.2 Å². The molecule has 1 aromatic heterocycles. The highest BCUT2D eigenvalue weighted by atomic mass is 35.5. The van der Waals surface area contributed by atoms with Gasteiger partial charge in [0, 0.05) is 17.8 Å². The van der Waals surface area contributed by atoms with Gasteiger partial charge in [0.2, 0.25) is 5.43 Å². The maximum atomic E-state index is 15.2. The summed E-state index contributed by atoms with van der Waals surface area (Å²) in [5.74, 6) is -2.05. The van der Waals surface area contributed by atoms with E-state index in [-0.39, 0.29) is 29.5 Å². The summed E-state index contributed by atoms with van der Waals surface area (Å²) in [7, 11) is 0. The number of halogens is 2. The second-order valence-corrected chi connectivity index (χ2v) is 7.99. The Morgan fingerprint density at radius 3 is 2.77 bits per heavy atom. The lowest BCUT2D eigenvalue weighted by Crippen LogP contribution is -2.28. The molecule has 162 valence electrons. The molecule has 0 bridgehead atoms. The maximum absolute atomic E-state index is 15.2. The number of carbonyl (C=O) groups is 1. The number of anilines is 2. The van der Waals surface area contributed by atoms with Crippen LogP contribution in [-0.4, -0.2) is 28.8 Å². The number of nitrogen functional groups attached to an aromatic ring is 1. The normalized spacial score (nSPS) is 15.0. The van der Waals surface area contributed by atoms with Crippen molar-refractivity contribution in [2.24, 2.45) is 0 Å². The van der Waals surface area contributed by atoms with E-state index in [0.717, 1.165) is 12.0 Å². The van der Waals surface area contributed by atoms with Crippen molar-refractivity contribution in [3.63, 3.8) is 0 Å². The number of ether oxygens (including phenoxy) is 1.